The molecule has 0 spiro atoms. The van der Waals surface area contributed by atoms with Crippen molar-refractivity contribution >= 4 is 11.7 Å². The summed E-state index contributed by atoms with van der Waals surface area (Å²) in [5.74, 6) is 0.717. The molecule has 2 fully saturated rings. The number of carbonyl (C=O) groups excluding carboxylic acids is 2. The van der Waals surface area contributed by atoms with Crippen LogP contribution in [0.1, 0.15) is 23.2 Å². The number of nitrogens with zero attached hydrogens (tertiary/aromatic N) is 1. The van der Waals surface area contributed by atoms with Crippen LogP contribution in [0.2, 0.25) is 0 Å². The molecule has 0 radical (unpaired) electrons. The molecule has 4 heteroatoms. The lowest BCUT2D eigenvalue weighted by Gasteiger charge is -2.36. The quantitative estimate of drug-likeness (QED) is 0.845. The van der Waals surface area contributed by atoms with Crippen molar-refractivity contribution in [1.29, 1.82) is 0 Å². The molecule has 1 amide bonds. The van der Waals surface area contributed by atoms with Crippen LogP contribution in [0.25, 0.3) is 0 Å². The highest BCUT2D eigenvalue weighted by Gasteiger charge is 2.33. The summed E-state index contributed by atoms with van der Waals surface area (Å²) in [6.07, 6.45) is 1.58. The minimum Gasteiger partial charge on any atom is -0.342 e. The largest absolute Gasteiger partial charge is 0.342 e. The number of likely N-dealkylation sites (tertiary alicyclic amines) is 1. The zero-order valence-corrected chi connectivity index (χ0v) is 11.5. The summed E-state index contributed by atoms with van der Waals surface area (Å²) in [6, 6.07) is 9.47. The molecular weight excluding hydrogens is 252 g/mol. The van der Waals surface area contributed by atoms with Gasteiger partial charge in [-0.2, -0.15) is 0 Å². The number of carbonyl (C=O) groups is 2. The molecule has 0 bridgehead atoms. The minimum absolute atomic E-state index is 0.0703. The Morgan fingerprint density at radius 1 is 1.00 bits per heavy atom. The van der Waals surface area contributed by atoms with Crippen LogP contribution in [-0.4, -0.2) is 42.8 Å². The molecule has 2 heterocycles. The van der Waals surface area contributed by atoms with Crippen LogP contribution in [0.5, 0.6) is 0 Å². The predicted octanol–water partition coefficient (Wildman–Crippen LogP) is 1.33. The lowest BCUT2D eigenvalue weighted by atomic mass is 9.88. The highest BCUT2D eigenvalue weighted by molar-refractivity contribution is 5.98. The first-order valence-electron chi connectivity index (χ1n) is 7.34. The third-order valence-corrected chi connectivity index (χ3v) is 4.37. The summed E-state index contributed by atoms with van der Waals surface area (Å²) in [6.45, 7) is 3.06. The van der Waals surface area contributed by atoms with E-state index in [0.717, 1.165) is 44.6 Å². The van der Waals surface area contributed by atoms with Crippen LogP contribution in [0, 0.1) is 11.8 Å². The topological polar surface area (TPSA) is 49.4 Å². The Morgan fingerprint density at radius 3 is 2.20 bits per heavy atom. The molecule has 1 N–H and O–H groups in total. The summed E-state index contributed by atoms with van der Waals surface area (Å²) in [4.78, 5) is 26.4. The van der Waals surface area contributed by atoms with E-state index in [2.05, 4.69) is 5.32 Å². The van der Waals surface area contributed by atoms with Crippen molar-refractivity contribution in [2.75, 3.05) is 26.2 Å². The Bertz CT molecular complexity index is 488. The van der Waals surface area contributed by atoms with Crippen molar-refractivity contribution in [3.05, 3.63) is 35.9 Å². The summed E-state index contributed by atoms with van der Waals surface area (Å²) in [7, 11) is 0. The van der Waals surface area contributed by atoms with E-state index in [-0.39, 0.29) is 23.5 Å². The number of rotatable bonds is 3. The molecule has 4 nitrogen and oxygen atoms in total. The van der Waals surface area contributed by atoms with Gasteiger partial charge in [0.25, 0.3) is 0 Å². The summed E-state index contributed by atoms with van der Waals surface area (Å²) in [5.41, 5.74) is 0.792. The van der Waals surface area contributed by atoms with E-state index >= 15 is 0 Å². The molecule has 1 aromatic rings. The second kappa shape index (κ2) is 5.75. The standard InChI is InChI=1S/C16H20N2O2/c19-15(12-4-2-1-3-5-12)13-6-8-18(9-7-13)16(20)14-10-17-11-14/h1-5,13-14,17H,6-11H2. The van der Waals surface area contributed by atoms with E-state index in [0.29, 0.717) is 0 Å². The minimum atomic E-state index is 0.0703. The first-order chi connectivity index (χ1) is 9.75. The van der Waals surface area contributed by atoms with Crippen LogP contribution in [0.15, 0.2) is 30.3 Å². The summed E-state index contributed by atoms with van der Waals surface area (Å²) in [5, 5.41) is 3.13. The van der Waals surface area contributed by atoms with Gasteiger partial charge >= 0.3 is 0 Å². The van der Waals surface area contributed by atoms with Gasteiger partial charge in [-0.25, -0.2) is 0 Å². The Morgan fingerprint density at radius 2 is 1.65 bits per heavy atom. The molecule has 2 saturated heterocycles. The Kier molecular flexibility index (Phi) is 3.83. The lowest BCUT2D eigenvalue weighted by Crippen LogP contribution is -2.53. The van der Waals surface area contributed by atoms with Crippen LogP contribution >= 0.6 is 0 Å². The van der Waals surface area contributed by atoms with E-state index in [1.165, 1.54) is 0 Å². The molecule has 0 atom stereocenters. The smallest absolute Gasteiger partial charge is 0.228 e. The average molecular weight is 272 g/mol. The van der Waals surface area contributed by atoms with Gasteiger partial charge in [-0.15, -0.1) is 0 Å². The molecule has 0 aliphatic carbocycles. The first kappa shape index (κ1) is 13.3. The maximum atomic E-state index is 12.4. The molecule has 0 saturated carbocycles. The van der Waals surface area contributed by atoms with Gasteiger partial charge in [-0.3, -0.25) is 9.59 Å². The maximum Gasteiger partial charge on any atom is 0.228 e. The van der Waals surface area contributed by atoms with Crippen molar-refractivity contribution in [3.63, 3.8) is 0 Å². The van der Waals surface area contributed by atoms with E-state index in [1.807, 2.05) is 35.2 Å². The third-order valence-electron chi connectivity index (χ3n) is 4.37. The Labute approximate surface area is 119 Å². The molecule has 0 unspecified atom stereocenters. The fourth-order valence-electron chi connectivity index (χ4n) is 2.92. The molecule has 20 heavy (non-hydrogen) atoms. The summed E-state index contributed by atoms with van der Waals surface area (Å²) < 4.78 is 0. The number of hydrogen-bond donors (Lipinski definition) is 1. The number of nitrogens with one attached hydrogen (secondary N) is 1. The number of Topliss-reactive ketones (excluding diaryl/α,β-unsaturated/α-hetero) is 1. The number of ketones is 1. The van der Waals surface area contributed by atoms with E-state index in [4.69, 9.17) is 0 Å². The maximum absolute atomic E-state index is 12.4. The third kappa shape index (κ3) is 2.61. The number of hydrogen-bond acceptors (Lipinski definition) is 3. The number of amides is 1. The van der Waals surface area contributed by atoms with Gasteiger partial charge in [-0.1, -0.05) is 30.3 Å². The molecule has 3 rings (SSSR count). The number of benzene rings is 1. The van der Waals surface area contributed by atoms with E-state index in [1.54, 1.807) is 0 Å². The van der Waals surface area contributed by atoms with Crippen LogP contribution < -0.4 is 5.32 Å². The molecule has 0 aromatic heterocycles. The van der Waals surface area contributed by atoms with Crippen LogP contribution in [0.4, 0.5) is 0 Å². The van der Waals surface area contributed by atoms with Crippen LogP contribution in [-0.2, 0) is 4.79 Å². The summed E-state index contributed by atoms with van der Waals surface area (Å²) >= 11 is 0. The molecule has 2 aliphatic heterocycles. The Balaban J connectivity index is 1.55. The molecular formula is C16H20N2O2. The van der Waals surface area contributed by atoms with Gasteiger partial charge in [0, 0.05) is 37.7 Å². The normalized spacial score (nSPS) is 20.5. The second-order valence-corrected chi connectivity index (χ2v) is 5.69. The SMILES string of the molecule is O=C(c1ccccc1)C1CCN(C(=O)C2CNC2)CC1. The van der Waals surface area contributed by atoms with Crippen molar-refractivity contribution in [3.8, 4) is 0 Å². The molecule has 2 aliphatic rings. The van der Waals surface area contributed by atoms with Gasteiger partial charge in [0.2, 0.25) is 5.91 Å². The van der Waals surface area contributed by atoms with Gasteiger partial charge in [0.1, 0.15) is 0 Å². The number of piperidine rings is 1. The molecule has 1 aromatic carbocycles. The van der Waals surface area contributed by atoms with Crippen molar-refractivity contribution in [1.82, 2.24) is 10.2 Å². The fraction of sp³-hybridized carbons (Fsp3) is 0.500. The first-order valence-corrected chi connectivity index (χ1v) is 7.34. The monoisotopic (exact) mass is 272 g/mol. The van der Waals surface area contributed by atoms with E-state index < -0.39 is 0 Å². The average Bonchev–Trinajstić information content (AvgIpc) is 2.46. The van der Waals surface area contributed by atoms with E-state index in [9.17, 15) is 9.59 Å². The highest BCUT2D eigenvalue weighted by atomic mass is 16.2. The molecule has 106 valence electrons. The fourth-order valence-corrected chi connectivity index (χ4v) is 2.92. The zero-order chi connectivity index (χ0) is 13.9. The predicted molar refractivity (Wildman–Crippen MR) is 76.4 cm³/mol. The zero-order valence-electron chi connectivity index (χ0n) is 11.5. The highest BCUT2D eigenvalue weighted by Crippen LogP contribution is 2.23. The second-order valence-electron chi connectivity index (χ2n) is 5.69. The van der Waals surface area contributed by atoms with Crippen molar-refractivity contribution in [2.24, 2.45) is 11.8 Å². The van der Waals surface area contributed by atoms with Gasteiger partial charge < -0.3 is 10.2 Å². The Hall–Kier alpha value is -1.68. The van der Waals surface area contributed by atoms with Crippen molar-refractivity contribution in [2.45, 2.75) is 12.8 Å². The van der Waals surface area contributed by atoms with Crippen molar-refractivity contribution < 1.29 is 9.59 Å². The van der Waals surface area contributed by atoms with Gasteiger partial charge in [0.15, 0.2) is 5.78 Å². The van der Waals surface area contributed by atoms with Crippen LogP contribution in [0.3, 0.4) is 0 Å². The van der Waals surface area contributed by atoms with Gasteiger partial charge in [-0.05, 0) is 12.8 Å². The lowest BCUT2D eigenvalue weighted by molar-refractivity contribution is -0.138. The van der Waals surface area contributed by atoms with Gasteiger partial charge in [0.05, 0.1) is 5.92 Å².